The second-order valence-electron chi connectivity index (χ2n) is 8.85. The van der Waals surface area contributed by atoms with Crippen molar-refractivity contribution < 1.29 is 9.84 Å². The maximum atomic E-state index is 10.1. The molecule has 1 atom stereocenters. The van der Waals surface area contributed by atoms with Gasteiger partial charge in [-0.1, -0.05) is 48.5 Å². The Morgan fingerprint density at radius 3 is 2.20 bits per heavy atom. The van der Waals surface area contributed by atoms with Gasteiger partial charge >= 0.3 is 0 Å². The molecule has 0 bridgehead atoms. The molecule has 3 nitrogen and oxygen atoms in total. The van der Waals surface area contributed by atoms with E-state index in [1.165, 1.54) is 16.2 Å². The van der Waals surface area contributed by atoms with Crippen molar-refractivity contribution >= 4 is 33.3 Å². The van der Waals surface area contributed by atoms with Gasteiger partial charge in [0, 0.05) is 23.7 Å². The zero-order valence-electron chi connectivity index (χ0n) is 17.3. The van der Waals surface area contributed by atoms with Gasteiger partial charge in [0.25, 0.3) is 0 Å². The van der Waals surface area contributed by atoms with Gasteiger partial charge < -0.3 is 14.7 Å². The van der Waals surface area contributed by atoms with Crippen LogP contribution in [0.5, 0.6) is 11.5 Å². The van der Waals surface area contributed by atoms with Crippen LogP contribution in [0.25, 0.3) is 27.6 Å². The van der Waals surface area contributed by atoms with E-state index in [2.05, 4.69) is 86.5 Å². The third kappa shape index (κ3) is 1.95. The van der Waals surface area contributed by atoms with Crippen LogP contribution in [0.3, 0.4) is 0 Å². The van der Waals surface area contributed by atoms with Crippen LogP contribution in [0.2, 0.25) is 0 Å². The summed E-state index contributed by atoms with van der Waals surface area (Å²) in [4.78, 5) is 2.20. The van der Waals surface area contributed by atoms with E-state index < -0.39 is 5.72 Å². The first-order valence-electron chi connectivity index (χ1n) is 10.3. The highest BCUT2D eigenvalue weighted by atomic mass is 16.5. The zero-order valence-corrected chi connectivity index (χ0v) is 17.3. The first-order valence-corrected chi connectivity index (χ1v) is 10.3. The summed E-state index contributed by atoms with van der Waals surface area (Å²) >= 11 is 0. The van der Waals surface area contributed by atoms with Crippen molar-refractivity contribution in [2.75, 3.05) is 11.9 Å². The zero-order chi connectivity index (χ0) is 20.7. The number of hydrogen-bond acceptors (Lipinski definition) is 3. The molecule has 1 spiro atoms. The van der Waals surface area contributed by atoms with Gasteiger partial charge in [0.15, 0.2) is 0 Å². The molecule has 0 radical (unpaired) electrons. The van der Waals surface area contributed by atoms with Crippen molar-refractivity contribution in [3.05, 3.63) is 83.9 Å². The molecular weight excluding hydrogens is 370 g/mol. The summed E-state index contributed by atoms with van der Waals surface area (Å²) in [5, 5.41) is 14.9. The topological polar surface area (TPSA) is 32.7 Å². The minimum absolute atomic E-state index is 0.281. The van der Waals surface area contributed by atoms with Crippen LogP contribution in [0.15, 0.2) is 72.8 Å². The van der Waals surface area contributed by atoms with Crippen LogP contribution in [0, 0.1) is 0 Å². The summed E-state index contributed by atoms with van der Waals surface area (Å²) in [5.41, 5.74) is 2.25. The number of hydrogen-bond donors (Lipinski definition) is 1. The molecule has 3 heteroatoms. The molecule has 1 unspecified atom stereocenters. The molecule has 0 aliphatic carbocycles. The number of ether oxygens (including phenoxy) is 1. The second kappa shape index (κ2) is 5.57. The molecule has 2 heterocycles. The Bertz CT molecular complexity index is 1380. The molecule has 0 saturated heterocycles. The minimum Gasteiger partial charge on any atom is -0.508 e. The number of phenolic OH excluding ortho intramolecular Hbond substituents is 1. The monoisotopic (exact) mass is 393 g/mol. The van der Waals surface area contributed by atoms with Crippen molar-refractivity contribution in [2.24, 2.45) is 0 Å². The van der Waals surface area contributed by atoms with Gasteiger partial charge in [-0.15, -0.1) is 0 Å². The molecule has 4 aromatic carbocycles. The molecule has 4 aromatic rings. The van der Waals surface area contributed by atoms with Crippen molar-refractivity contribution in [3.8, 4) is 11.5 Å². The highest BCUT2D eigenvalue weighted by Crippen LogP contribution is 2.56. The van der Waals surface area contributed by atoms with Gasteiger partial charge in [0.1, 0.15) is 11.5 Å². The fourth-order valence-electron chi connectivity index (χ4n) is 5.42. The number of nitrogens with zero attached hydrogens (tertiary/aromatic N) is 1. The smallest absolute Gasteiger partial charge is 0.211 e. The predicted octanol–water partition coefficient (Wildman–Crippen LogP) is 6.23. The molecule has 148 valence electrons. The van der Waals surface area contributed by atoms with Crippen molar-refractivity contribution in [3.63, 3.8) is 0 Å². The Hall–Kier alpha value is -3.46. The Morgan fingerprint density at radius 1 is 0.833 bits per heavy atom. The first-order chi connectivity index (χ1) is 14.4. The quantitative estimate of drug-likeness (QED) is 0.360. The molecule has 30 heavy (non-hydrogen) atoms. The summed E-state index contributed by atoms with van der Waals surface area (Å²) in [6.07, 6.45) is 4.41. The van der Waals surface area contributed by atoms with Gasteiger partial charge in [-0.3, -0.25) is 0 Å². The number of aromatic hydroxyl groups is 1. The summed E-state index contributed by atoms with van der Waals surface area (Å²) in [5.74, 6) is 1.20. The third-order valence-electron chi connectivity index (χ3n) is 7.07. The lowest BCUT2D eigenvalue weighted by Crippen LogP contribution is -2.58. The maximum Gasteiger partial charge on any atom is 0.211 e. The number of anilines is 1. The van der Waals surface area contributed by atoms with E-state index in [-0.39, 0.29) is 11.2 Å². The minimum atomic E-state index is -0.679. The standard InChI is InChI=1S/C27H23NO2/c1-26(2)23-16-17(29)12-13-24(23)28(3)27(26)15-14-22-20-10-5-4-8-18(20)19-9-6-7-11-21(19)25(22)30-27/h4-16,29H,1-3H3. The van der Waals surface area contributed by atoms with E-state index in [4.69, 9.17) is 4.74 Å². The van der Waals surface area contributed by atoms with Crippen LogP contribution in [-0.2, 0) is 5.41 Å². The van der Waals surface area contributed by atoms with Crippen LogP contribution in [0.4, 0.5) is 5.69 Å². The van der Waals surface area contributed by atoms with Gasteiger partial charge in [0.2, 0.25) is 5.72 Å². The summed E-state index contributed by atoms with van der Waals surface area (Å²) < 4.78 is 7.01. The predicted molar refractivity (Wildman–Crippen MR) is 123 cm³/mol. The third-order valence-corrected chi connectivity index (χ3v) is 7.07. The van der Waals surface area contributed by atoms with Crippen molar-refractivity contribution in [2.45, 2.75) is 25.0 Å². The lowest BCUT2D eigenvalue weighted by atomic mass is 9.76. The molecule has 0 aromatic heterocycles. The van der Waals surface area contributed by atoms with Crippen LogP contribution in [0.1, 0.15) is 25.0 Å². The second-order valence-corrected chi connectivity index (χ2v) is 8.85. The molecule has 0 saturated carbocycles. The average molecular weight is 393 g/mol. The molecular formula is C27H23NO2. The van der Waals surface area contributed by atoms with Crippen LogP contribution >= 0.6 is 0 Å². The van der Waals surface area contributed by atoms with Crippen molar-refractivity contribution in [1.29, 1.82) is 0 Å². The lowest BCUT2D eigenvalue weighted by molar-refractivity contribution is 0.0600. The molecule has 1 N–H and O–H groups in total. The Labute approximate surface area is 175 Å². The number of phenols is 1. The van der Waals surface area contributed by atoms with E-state index >= 15 is 0 Å². The molecule has 2 aliphatic rings. The van der Waals surface area contributed by atoms with E-state index in [0.717, 1.165) is 28.0 Å². The van der Waals surface area contributed by atoms with Gasteiger partial charge in [-0.2, -0.15) is 0 Å². The summed E-state index contributed by atoms with van der Waals surface area (Å²) in [6, 6.07) is 22.6. The van der Waals surface area contributed by atoms with E-state index in [0.29, 0.717) is 0 Å². The molecule has 2 aliphatic heterocycles. The number of rotatable bonds is 0. The SMILES string of the molecule is CN1c2ccc(O)cc2C(C)(C)C12C=Cc1c(c3ccccc3c3ccccc13)O2. The number of benzene rings is 4. The van der Waals surface area contributed by atoms with E-state index in [1.54, 1.807) is 6.07 Å². The fourth-order valence-corrected chi connectivity index (χ4v) is 5.42. The van der Waals surface area contributed by atoms with Crippen LogP contribution < -0.4 is 9.64 Å². The molecule has 0 fully saturated rings. The largest absolute Gasteiger partial charge is 0.508 e. The average Bonchev–Trinajstić information content (AvgIpc) is 2.92. The van der Waals surface area contributed by atoms with E-state index in [9.17, 15) is 5.11 Å². The normalized spacial score (nSPS) is 21.1. The molecule has 0 amide bonds. The van der Waals surface area contributed by atoms with Gasteiger partial charge in [-0.05, 0) is 65.9 Å². The maximum absolute atomic E-state index is 10.1. The van der Waals surface area contributed by atoms with E-state index in [1.807, 2.05) is 12.1 Å². The van der Waals surface area contributed by atoms with Gasteiger partial charge in [0.05, 0.1) is 5.41 Å². The Morgan fingerprint density at radius 2 is 1.47 bits per heavy atom. The summed E-state index contributed by atoms with van der Waals surface area (Å²) in [7, 11) is 2.07. The number of likely N-dealkylation sites (N-methyl/N-ethyl adjacent to an activating group) is 1. The highest BCUT2D eigenvalue weighted by molar-refractivity contribution is 6.14. The molecule has 6 rings (SSSR count). The van der Waals surface area contributed by atoms with Crippen LogP contribution in [-0.4, -0.2) is 17.9 Å². The number of fused-ring (bicyclic) bond motifs is 7. The Balaban J connectivity index is 1.66. The van der Waals surface area contributed by atoms with Crippen molar-refractivity contribution in [1.82, 2.24) is 0 Å². The summed E-state index contributed by atoms with van der Waals surface area (Å²) in [6.45, 7) is 4.38. The first kappa shape index (κ1) is 17.4. The van der Waals surface area contributed by atoms with Gasteiger partial charge in [-0.25, -0.2) is 0 Å². The Kier molecular flexibility index (Phi) is 3.23. The highest BCUT2D eigenvalue weighted by Gasteiger charge is 2.58. The lowest BCUT2D eigenvalue weighted by Gasteiger charge is -2.46. The fraction of sp³-hybridized carbons (Fsp3) is 0.185.